The van der Waals surface area contributed by atoms with Gasteiger partial charge in [0.05, 0.1) is 22.4 Å². The van der Waals surface area contributed by atoms with E-state index in [1.54, 1.807) is 0 Å². The highest BCUT2D eigenvalue weighted by molar-refractivity contribution is 5.88. The van der Waals surface area contributed by atoms with Crippen molar-refractivity contribution in [3.63, 3.8) is 0 Å². The fourth-order valence-electron chi connectivity index (χ4n) is 9.39. The predicted octanol–water partition coefficient (Wildman–Crippen LogP) is 17.3. The molecule has 340 valence electrons. The van der Waals surface area contributed by atoms with Gasteiger partial charge >= 0.3 is 0 Å². The van der Waals surface area contributed by atoms with Crippen LogP contribution in [0.3, 0.4) is 0 Å². The zero-order valence-corrected chi connectivity index (χ0v) is 39.9. The van der Waals surface area contributed by atoms with Crippen molar-refractivity contribution in [2.24, 2.45) is 0 Å². The number of fused-ring (bicyclic) bond motifs is 3. The largest absolute Gasteiger partial charge is 0.436 e. The van der Waals surface area contributed by atoms with Crippen molar-refractivity contribution in [3.8, 4) is 67.7 Å². The molecule has 3 heterocycles. The van der Waals surface area contributed by atoms with E-state index in [4.69, 9.17) is 28.8 Å². The van der Waals surface area contributed by atoms with Crippen LogP contribution in [-0.2, 0) is 25.7 Å². The van der Waals surface area contributed by atoms with Crippen molar-refractivity contribution in [1.82, 2.24) is 19.9 Å². The Morgan fingerprint density at radius 3 is 0.941 bits per heavy atom. The Balaban J connectivity index is 0.899. The Kier molecular flexibility index (Phi) is 13.4. The SMILES string of the molecule is CCCCc1ccc(CCCC)c2oc(-c3ccc(-c4ccc(-c5nc6ccccc6nc5-c5ccc(-c6ccc(-c7nc8c(CCCC)ccc(CCCC)c8o7)cc6)cc5)cc4)cc3)nc12. The minimum Gasteiger partial charge on any atom is -0.436 e. The zero-order valence-electron chi connectivity index (χ0n) is 39.9. The Morgan fingerprint density at radius 1 is 0.309 bits per heavy atom. The number of hydrogen-bond acceptors (Lipinski definition) is 6. The summed E-state index contributed by atoms with van der Waals surface area (Å²) in [6, 6.07) is 51.6. The van der Waals surface area contributed by atoms with E-state index in [0.717, 1.165) is 166 Å². The van der Waals surface area contributed by atoms with Crippen molar-refractivity contribution in [2.45, 2.75) is 105 Å². The highest BCUT2D eigenvalue weighted by atomic mass is 16.4. The molecule has 0 N–H and O–H groups in total. The van der Waals surface area contributed by atoms with Crippen molar-refractivity contribution < 1.29 is 8.83 Å². The van der Waals surface area contributed by atoms with Gasteiger partial charge < -0.3 is 8.83 Å². The molecule has 0 radical (unpaired) electrons. The van der Waals surface area contributed by atoms with Gasteiger partial charge in [-0.2, -0.15) is 0 Å². The first-order valence-corrected chi connectivity index (χ1v) is 25.0. The van der Waals surface area contributed by atoms with Crippen LogP contribution in [0.5, 0.6) is 0 Å². The van der Waals surface area contributed by atoms with Crippen LogP contribution in [0.4, 0.5) is 0 Å². The van der Waals surface area contributed by atoms with E-state index in [-0.39, 0.29) is 0 Å². The molecule has 3 aromatic heterocycles. The van der Waals surface area contributed by atoms with E-state index in [2.05, 4.69) is 149 Å². The number of hydrogen-bond donors (Lipinski definition) is 0. The summed E-state index contributed by atoms with van der Waals surface area (Å²) >= 11 is 0. The summed E-state index contributed by atoms with van der Waals surface area (Å²) in [6.07, 6.45) is 13.2. The van der Waals surface area contributed by atoms with Crippen LogP contribution in [0.25, 0.3) is 101 Å². The summed E-state index contributed by atoms with van der Waals surface area (Å²) in [4.78, 5) is 20.6. The summed E-state index contributed by atoms with van der Waals surface area (Å²) in [7, 11) is 0. The lowest BCUT2D eigenvalue weighted by Gasteiger charge is -2.12. The third-order valence-electron chi connectivity index (χ3n) is 13.4. The molecular formula is C62H60N4O2. The smallest absolute Gasteiger partial charge is 0.227 e. The van der Waals surface area contributed by atoms with Crippen LogP contribution >= 0.6 is 0 Å². The molecule has 0 bridgehead atoms. The van der Waals surface area contributed by atoms with Gasteiger partial charge in [-0.05, 0) is 132 Å². The third-order valence-corrected chi connectivity index (χ3v) is 13.4. The molecule has 0 fully saturated rings. The summed E-state index contributed by atoms with van der Waals surface area (Å²) < 4.78 is 13.1. The van der Waals surface area contributed by atoms with E-state index in [1.165, 1.54) is 22.3 Å². The Labute approximate surface area is 400 Å². The molecule has 0 saturated carbocycles. The van der Waals surface area contributed by atoms with Crippen LogP contribution in [0.15, 0.2) is 154 Å². The van der Waals surface area contributed by atoms with Gasteiger partial charge in [0.25, 0.3) is 0 Å². The molecule has 0 aliphatic heterocycles. The van der Waals surface area contributed by atoms with Crippen molar-refractivity contribution in [2.75, 3.05) is 0 Å². The Bertz CT molecular complexity index is 2990. The first-order chi connectivity index (χ1) is 33.5. The maximum Gasteiger partial charge on any atom is 0.227 e. The molecule has 10 aromatic rings. The van der Waals surface area contributed by atoms with Gasteiger partial charge in [0.2, 0.25) is 11.8 Å². The molecule has 0 aliphatic carbocycles. The standard InChI is InChI=1S/C62H60N4O2/c1-5-9-15-45-33-35-49(17-11-7-3)59-57(45)65-61(67-59)51-37-25-43(26-38-51)41-21-29-47(30-22-41)55-56(64-54-20-14-13-19-53(54)63-55)48-31-23-42(24-32-48)44-27-39-52(40-28-44)62-66-58-46(16-10-6-2)34-36-50(18-12-8-4)60(58)68-62/h13-14,19-40H,5-12,15-18H2,1-4H3. The molecule has 6 nitrogen and oxygen atoms in total. The monoisotopic (exact) mass is 892 g/mol. The van der Waals surface area contributed by atoms with E-state index in [0.29, 0.717) is 11.8 Å². The van der Waals surface area contributed by atoms with Gasteiger partial charge in [0, 0.05) is 22.3 Å². The minimum absolute atomic E-state index is 0.681. The Morgan fingerprint density at radius 2 is 0.603 bits per heavy atom. The van der Waals surface area contributed by atoms with Gasteiger partial charge in [-0.3, -0.25) is 0 Å². The number of oxazole rings is 2. The number of rotatable bonds is 18. The van der Waals surface area contributed by atoms with Crippen LogP contribution in [0.1, 0.15) is 101 Å². The topological polar surface area (TPSA) is 77.8 Å². The summed E-state index contributed by atoms with van der Waals surface area (Å²) in [5.41, 5.74) is 20.9. The second kappa shape index (κ2) is 20.4. The van der Waals surface area contributed by atoms with E-state index < -0.39 is 0 Å². The van der Waals surface area contributed by atoms with Gasteiger partial charge in [-0.25, -0.2) is 19.9 Å². The maximum atomic E-state index is 6.54. The average molecular weight is 893 g/mol. The average Bonchev–Trinajstić information content (AvgIpc) is 4.06. The maximum absolute atomic E-state index is 6.54. The lowest BCUT2D eigenvalue weighted by atomic mass is 9.97. The first-order valence-electron chi connectivity index (χ1n) is 25.0. The van der Waals surface area contributed by atoms with E-state index in [9.17, 15) is 0 Å². The van der Waals surface area contributed by atoms with Gasteiger partial charge in [-0.15, -0.1) is 0 Å². The molecule has 68 heavy (non-hydrogen) atoms. The fraction of sp³-hybridized carbons (Fsp3) is 0.258. The van der Waals surface area contributed by atoms with Gasteiger partial charge in [-0.1, -0.05) is 163 Å². The fourth-order valence-corrected chi connectivity index (χ4v) is 9.39. The third kappa shape index (κ3) is 9.25. The lowest BCUT2D eigenvalue weighted by Crippen LogP contribution is -1.95. The van der Waals surface area contributed by atoms with E-state index in [1.807, 2.05) is 24.3 Å². The Hall–Kier alpha value is -7.18. The highest BCUT2D eigenvalue weighted by Crippen LogP contribution is 2.37. The minimum atomic E-state index is 0.681. The van der Waals surface area contributed by atoms with Crippen LogP contribution in [-0.4, -0.2) is 19.9 Å². The zero-order chi connectivity index (χ0) is 46.4. The van der Waals surface area contributed by atoms with Gasteiger partial charge in [0.15, 0.2) is 11.2 Å². The molecule has 0 amide bonds. The van der Waals surface area contributed by atoms with Crippen LogP contribution < -0.4 is 0 Å². The number of nitrogens with zero attached hydrogens (tertiary/aromatic N) is 4. The number of unbranched alkanes of at least 4 members (excludes halogenated alkanes) is 4. The normalized spacial score (nSPS) is 11.6. The second-order valence-corrected chi connectivity index (χ2v) is 18.3. The summed E-state index contributed by atoms with van der Waals surface area (Å²) in [6.45, 7) is 8.94. The molecular weight excluding hydrogens is 833 g/mol. The molecule has 7 aromatic carbocycles. The molecule has 0 atom stereocenters. The number of aromatic nitrogens is 4. The molecule has 6 heteroatoms. The first kappa shape index (κ1) is 44.6. The van der Waals surface area contributed by atoms with Crippen LogP contribution in [0.2, 0.25) is 0 Å². The summed E-state index contributed by atoms with van der Waals surface area (Å²) in [5, 5.41) is 0. The molecule has 0 saturated heterocycles. The second-order valence-electron chi connectivity index (χ2n) is 18.3. The summed E-state index contributed by atoms with van der Waals surface area (Å²) in [5.74, 6) is 1.36. The van der Waals surface area contributed by atoms with Crippen molar-refractivity contribution in [1.29, 1.82) is 0 Å². The van der Waals surface area contributed by atoms with Crippen molar-refractivity contribution >= 4 is 33.2 Å². The van der Waals surface area contributed by atoms with Gasteiger partial charge in [0.1, 0.15) is 11.0 Å². The molecule has 0 spiro atoms. The lowest BCUT2D eigenvalue weighted by molar-refractivity contribution is 0.612. The number of benzene rings is 7. The molecule has 10 rings (SSSR count). The molecule has 0 aliphatic rings. The highest BCUT2D eigenvalue weighted by Gasteiger charge is 2.19. The van der Waals surface area contributed by atoms with Crippen LogP contribution in [0, 0.1) is 0 Å². The molecule has 0 unspecified atom stereocenters. The number of para-hydroxylation sites is 2. The van der Waals surface area contributed by atoms with E-state index >= 15 is 0 Å². The van der Waals surface area contributed by atoms with Crippen molar-refractivity contribution in [3.05, 3.63) is 168 Å². The number of aryl methyl sites for hydroxylation is 4. The quantitative estimate of drug-likeness (QED) is 0.0854. The predicted molar refractivity (Wildman–Crippen MR) is 282 cm³/mol.